The zero-order chi connectivity index (χ0) is 20.4. The lowest BCUT2D eigenvalue weighted by molar-refractivity contribution is 0.0705. The molecule has 8 heteroatoms. The number of benzene rings is 1. The van der Waals surface area contributed by atoms with E-state index in [4.69, 9.17) is 4.74 Å². The molecule has 1 aliphatic heterocycles. The van der Waals surface area contributed by atoms with Crippen LogP contribution in [0.4, 0.5) is 4.39 Å². The Morgan fingerprint density at radius 3 is 2.90 bits per heavy atom. The van der Waals surface area contributed by atoms with Crippen molar-refractivity contribution >= 4 is 5.91 Å². The van der Waals surface area contributed by atoms with E-state index in [0.29, 0.717) is 30.3 Å². The highest BCUT2D eigenvalue weighted by atomic mass is 19.1. The maximum Gasteiger partial charge on any atom is 0.257 e. The maximum absolute atomic E-state index is 13.4. The summed E-state index contributed by atoms with van der Waals surface area (Å²) in [5.74, 6) is 0.344. The molecule has 0 saturated carbocycles. The molecule has 3 heterocycles. The second-order valence-electron chi connectivity index (χ2n) is 7.20. The summed E-state index contributed by atoms with van der Waals surface area (Å²) in [7, 11) is 1.82. The van der Waals surface area contributed by atoms with Crippen molar-refractivity contribution in [3.63, 3.8) is 0 Å². The number of aromatic nitrogens is 4. The standard InChI is InChI=1S/C21H22FN5O2/c1-14-18(10-24-26(14)2)21(28)27-8-4-5-15(13-27)19-11-23-12-20(25-19)29-17-7-3-6-16(22)9-17/h3,6-7,9-12,15H,4-5,8,13H2,1-2H3/t15-/m1/s1. The molecule has 4 rings (SSSR count). The quantitative estimate of drug-likeness (QED) is 0.676. The van der Waals surface area contributed by atoms with Crippen molar-refractivity contribution in [3.05, 3.63) is 65.6 Å². The second-order valence-corrected chi connectivity index (χ2v) is 7.20. The van der Waals surface area contributed by atoms with Gasteiger partial charge >= 0.3 is 0 Å². The molecule has 1 amide bonds. The zero-order valence-corrected chi connectivity index (χ0v) is 16.4. The Balaban J connectivity index is 1.49. The molecule has 0 unspecified atom stereocenters. The molecule has 0 aliphatic carbocycles. The van der Waals surface area contributed by atoms with E-state index in [1.165, 1.54) is 18.3 Å². The first-order valence-corrected chi connectivity index (χ1v) is 9.54. The number of carbonyl (C=O) groups excluding carboxylic acids is 1. The summed E-state index contributed by atoms with van der Waals surface area (Å²) < 4.78 is 20.7. The van der Waals surface area contributed by atoms with E-state index < -0.39 is 0 Å². The van der Waals surface area contributed by atoms with Gasteiger partial charge < -0.3 is 9.64 Å². The minimum absolute atomic E-state index is 0.0135. The number of likely N-dealkylation sites (tertiary alicyclic amines) is 1. The first-order valence-electron chi connectivity index (χ1n) is 9.54. The van der Waals surface area contributed by atoms with Gasteiger partial charge in [0.05, 0.1) is 23.7 Å². The van der Waals surface area contributed by atoms with E-state index in [9.17, 15) is 9.18 Å². The number of piperidine rings is 1. The molecular weight excluding hydrogens is 373 g/mol. The molecular formula is C21H22FN5O2. The number of halogens is 1. The molecule has 150 valence electrons. The lowest BCUT2D eigenvalue weighted by atomic mass is 9.94. The number of aryl methyl sites for hydroxylation is 1. The summed E-state index contributed by atoms with van der Waals surface area (Å²) >= 11 is 0. The van der Waals surface area contributed by atoms with Crippen molar-refractivity contribution in [2.24, 2.45) is 7.05 Å². The Morgan fingerprint density at radius 2 is 2.14 bits per heavy atom. The van der Waals surface area contributed by atoms with Gasteiger partial charge in [0.25, 0.3) is 5.91 Å². The van der Waals surface area contributed by atoms with Crippen LogP contribution in [0.5, 0.6) is 11.6 Å². The van der Waals surface area contributed by atoms with Gasteiger partial charge in [-0.3, -0.25) is 14.5 Å². The summed E-state index contributed by atoms with van der Waals surface area (Å²) in [6, 6.07) is 5.89. The molecule has 0 radical (unpaired) electrons. The number of hydrogen-bond donors (Lipinski definition) is 0. The molecule has 2 aromatic heterocycles. The van der Waals surface area contributed by atoms with Crippen LogP contribution in [-0.4, -0.2) is 43.6 Å². The number of carbonyl (C=O) groups is 1. The molecule has 1 atom stereocenters. The van der Waals surface area contributed by atoms with Crippen LogP contribution in [0.25, 0.3) is 0 Å². The third-order valence-corrected chi connectivity index (χ3v) is 5.24. The van der Waals surface area contributed by atoms with Crippen molar-refractivity contribution < 1.29 is 13.9 Å². The molecule has 1 fully saturated rings. The van der Waals surface area contributed by atoms with E-state index in [1.807, 2.05) is 18.9 Å². The number of hydrogen-bond acceptors (Lipinski definition) is 5. The van der Waals surface area contributed by atoms with Crippen LogP contribution in [0.3, 0.4) is 0 Å². The topological polar surface area (TPSA) is 73.1 Å². The van der Waals surface area contributed by atoms with Crippen molar-refractivity contribution in [2.45, 2.75) is 25.7 Å². The van der Waals surface area contributed by atoms with E-state index in [1.54, 1.807) is 29.2 Å². The molecule has 1 saturated heterocycles. The van der Waals surface area contributed by atoms with E-state index >= 15 is 0 Å². The molecule has 0 spiro atoms. The van der Waals surface area contributed by atoms with Gasteiger partial charge in [0, 0.05) is 44.0 Å². The van der Waals surface area contributed by atoms with E-state index in [2.05, 4.69) is 15.1 Å². The predicted molar refractivity (Wildman–Crippen MR) is 104 cm³/mol. The Morgan fingerprint density at radius 1 is 1.28 bits per heavy atom. The largest absolute Gasteiger partial charge is 0.437 e. The fourth-order valence-electron chi connectivity index (χ4n) is 3.54. The summed E-state index contributed by atoms with van der Waals surface area (Å²) in [5.41, 5.74) is 2.24. The van der Waals surface area contributed by atoms with Gasteiger partial charge in [0.1, 0.15) is 11.6 Å². The van der Waals surface area contributed by atoms with Gasteiger partial charge in [0.2, 0.25) is 5.88 Å². The Kier molecular flexibility index (Phi) is 5.24. The van der Waals surface area contributed by atoms with Crippen molar-refractivity contribution in [3.8, 4) is 11.6 Å². The third-order valence-electron chi connectivity index (χ3n) is 5.24. The number of ether oxygens (including phenoxy) is 1. The molecule has 1 aromatic carbocycles. The van der Waals surface area contributed by atoms with Crippen molar-refractivity contribution in [1.82, 2.24) is 24.6 Å². The van der Waals surface area contributed by atoms with Crippen molar-refractivity contribution in [1.29, 1.82) is 0 Å². The minimum atomic E-state index is -0.376. The Bertz CT molecular complexity index is 1040. The van der Waals surface area contributed by atoms with Gasteiger partial charge in [-0.1, -0.05) is 6.07 Å². The second kappa shape index (κ2) is 7.98. The highest BCUT2D eigenvalue weighted by Gasteiger charge is 2.28. The lowest BCUT2D eigenvalue weighted by Crippen LogP contribution is -2.39. The van der Waals surface area contributed by atoms with Crippen LogP contribution < -0.4 is 4.74 Å². The highest BCUT2D eigenvalue weighted by Crippen LogP contribution is 2.28. The van der Waals surface area contributed by atoms with Crippen LogP contribution >= 0.6 is 0 Å². The van der Waals surface area contributed by atoms with Crippen LogP contribution in [-0.2, 0) is 7.05 Å². The summed E-state index contributed by atoms with van der Waals surface area (Å²) in [6.45, 7) is 3.15. The van der Waals surface area contributed by atoms with Gasteiger partial charge in [-0.15, -0.1) is 0 Å². The molecule has 0 N–H and O–H groups in total. The Hall–Kier alpha value is -3.29. The first-order chi connectivity index (χ1) is 14.0. The monoisotopic (exact) mass is 395 g/mol. The fraction of sp³-hybridized carbons (Fsp3) is 0.333. The van der Waals surface area contributed by atoms with Crippen LogP contribution in [0.1, 0.15) is 40.5 Å². The average molecular weight is 395 g/mol. The predicted octanol–water partition coefficient (Wildman–Crippen LogP) is 3.47. The molecule has 1 aliphatic rings. The van der Waals surface area contributed by atoms with Gasteiger partial charge in [-0.2, -0.15) is 5.10 Å². The van der Waals surface area contributed by atoms with Crippen molar-refractivity contribution in [2.75, 3.05) is 13.1 Å². The Labute approximate surface area is 168 Å². The number of amides is 1. The highest BCUT2D eigenvalue weighted by molar-refractivity contribution is 5.95. The third kappa shape index (κ3) is 4.11. The normalized spacial score (nSPS) is 16.7. The molecule has 3 aromatic rings. The van der Waals surface area contributed by atoms with Crippen LogP contribution in [0, 0.1) is 12.7 Å². The fourth-order valence-corrected chi connectivity index (χ4v) is 3.54. The lowest BCUT2D eigenvalue weighted by Gasteiger charge is -2.32. The van der Waals surface area contributed by atoms with Crippen LogP contribution in [0.15, 0.2) is 42.9 Å². The number of rotatable bonds is 4. The molecule has 0 bridgehead atoms. The molecule has 29 heavy (non-hydrogen) atoms. The van der Waals surface area contributed by atoms with E-state index in [-0.39, 0.29) is 17.6 Å². The number of nitrogens with zero attached hydrogens (tertiary/aromatic N) is 5. The summed E-state index contributed by atoms with van der Waals surface area (Å²) in [4.78, 5) is 23.5. The first kappa shape index (κ1) is 19.0. The minimum Gasteiger partial charge on any atom is -0.437 e. The maximum atomic E-state index is 13.4. The van der Waals surface area contributed by atoms with Gasteiger partial charge in [-0.05, 0) is 31.9 Å². The summed E-state index contributed by atoms with van der Waals surface area (Å²) in [6.07, 6.45) is 6.61. The SMILES string of the molecule is Cc1c(C(=O)N2CCC[C@@H](c3cncc(Oc4cccc(F)c4)n3)C2)cnn1C. The molecule has 7 nitrogen and oxygen atoms in total. The average Bonchev–Trinajstić information content (AvgIpc) is 3.06. The smallest absolute Gasteiger partial charge is 0.257 e. The summed E-state index contributed by atoms with van der Waals surface area (Å²) in [5, 5.41) is 4.17. The van der Waals surface area contributed by atoms with Gasteiger partial charge in [0.15, 0.2) is 0 Å². The van der Waals surface area contributed by atoms with Crippen LogP contribution in [0.2, 0.25) is 0 Å². The zero-order valence-electron chi connectivity index (χ0n) is 16.4. The van der Waals surface area contributed by atoms with E-state index in [0.717, 1.165) is 24.2 Å². The van der Waals surface area contributed by atoms with Gasteiger partial charge in [-0.25, -0.2) is 9.37 Å².